The first-order valence-electron chi connectivity index (χ1n) is 7.50. The Hall–Kier alpha value is -1.13. The minimum atomic E-state index is -0.175. The molecule has 2 atom stereocenters. The second kappa shape index (κ2) is 6.55. The molecular formula is C16H26FN3. The monoisotopic (exact) mass is 279 g/mol. The lowest BCUT2D eigenvalue weighted by atomic mass is 10.0. The van der Waals surface area contributed by atoms with Gasteiger partial charge < -0.3 is 10.6 Å². The van der Waals surface area contributed by atoms with E-state index in [1.54, 1.807) is 12.1 Å². The summed E-state index contributed by atoms with van der Waals surface area (Å²) >= 11 is 0. The average molecular weight is 279 g/mol. The molecule has 1 aromatic carbocycles. The van der Waals surface area contributed by atoms with Gasteiger partial charge in [-0.3, -0.25) is 4.90 Å². The third kappa shape index (κ3) is 3.49. The lowest BCUT2D eigenvalue weighted by Gasteiger charge is -2.41. The van der Waals surface area contributed by atoms with Crippen molar-refractivity contribution in [1.29, 1.82) is 0 Å². The highest BCUT2D eigenvalue weighted by Crippen LogP contribution is 2.26. The molecular weight excluding hydrogens is 253 g/mol. The summed E-state index contributed by atoms with van der Waals surface area (Å²) in [5, 5.41) is 0. The van der Waals surface area contributed by atoms with Crippen LogP contribution in [0.3, 0.4) is 0 Å². The maximum absolute atomic E-state index is 13.5. The van der Waals surface area contributed by atoms with Gasteiger partial charge in [0.15, 0.2) is 0 Å². The molecule has 2 unspecified atom stereocenters. The summed E-state index contributed by atoms with van der Waals surface area (Å²) in [6.07, 6.45) is 1.85. The zero-order valence-electron chi connectivity index (χ0n) is 12.8. The van der Waals surface area contributed by atoms with Crippen molar-refractivity contribution in [2.45, 2.75) is 38.8 Å². The Labute approximate surface area is 121 Å². The van der Waals surface area contributed by atoms with Gasteiger partial charge in [0.25, 0.3) is 0 Å². The van der Waals surface area contributed by atoms with Crippen LogP contribution < -0.4 is 10.6 Å². The molecule has 3 nitrogen and oxygen atoms in total. The van der Waals surface area contributed by atoms with Gasteiger partial charge in [0.05, 0.1) is 0 Å². The van der Waals surface area contributed by atoms with Crippen LogP contribution in [-0.2, 0) is 6.42 Å². The zero-order chi connectivity index (χ0) is 14.7. The molecule has 4 heteroatoms. The molecule has 1 saturated heterocycles. The van der Waals surface area contributed by atoms with Crippen molar-refractivity contribution in [2.24, 2.45) is 5.73 Å². The molecule has 0 aliphatic carbocycles. The van der Waals surface area contributed by atoms with Crippen LogP contribution in [0.5, 0.6) is 0 Å². The van der Waals surface area contributed by atoms with Crippen LogP contribution in [0.15, 0.2) is 18.2 Å². The fourth-order valence-corrected chi connectivity index (χ4v) is 2.98. The van der Waals surface area contributed by atoms with Crippen LogP contribution in [0.1, 0.15) is 25.8 Å². The largest absolute Gasteiger partial charge is 0.368 e. The molecule has 0 bridgehead atoms. The molecule has 112 valence electrons. The van der Waals surface area contributed by atoms with Crippen molar-refractivity contribution >= 4 is 5.69 Å². The van der Waals surface area contributed by atoms with E-state index in [0.717, 1.165) is 43.7 Å². The van der Waals surface area contributed by atoms with E-state index in [-0.39, 0.29) is 11.9 Å². The third-order valence-electron chi connectivity index (χ3n) is 4.17. The second-order valence-corrected chi connectivity index (χ2v) is 5.94. The molecule has 2 N–H and O–H groups in total. The van der Waals surface area contributed by atoms with Gasteiger partial charge in [-0.25, -0.2) is 4.39 Å². The Balaban J connectivity index is 2.23. The van der Waals surface area contributed by atoms with Gasteiger partial charge in [0, 0.05) is 37.4 Å². The van der Waals surface area contributed by atoms with Gasteiger partial charge in [-0.1, -0.05) is 6.92 Å². The number of likely N-dealkylation sites (N-methyl/N-ethyl adjacent to an activating group) is 1. The molecule has 0 saturated carbocycles. The first-order chi connectivity index (χ1) is 9.51. The minimum absolute atomic E-state index is 0.0463. The van der Waals surface area contributed by atoms with E-state index in [4.69, 9.17) is 5.73 Å². The maximum Gasteiger partial charge on any atom is 0.123 e. The Kier molecular flexibility index (Phi) is 5.00. The summed E-state index contributed by atoms with van der Waals surface area (Å²) in [6, 6.07) is 5.71. The number of rotatable bonds is 4. The van der Waals surface area contributed by atoms with Gasteiger partial charge in [-0.05, 0) is 50.6 Å². The summed E-state index contributed by atoms with van der Waals surface area (Å²) in [5.41, 5.74) is 8.07. The molecule has 1 aromatic rings. The molecule has 1 aliphatic heterocycles. The van der Waals surface area contributed by atoms with Gasteiger partial charge >= 0.3 is 0 Å². The van der Waals surface area contributed by atoms with E-state index in [9.17, 15) is 4.39 Å². The number of hydrogen-bond donors (Lipinski definition) is 1. The van der Waals surface area contributed by atoms with Crippen LogP contribution >= 0.6 is 0 Å². The van der Waals surface area contributed by atoms with Crippen molar-refractivity contribution in [3.63, 3.8) is 0 Å². The highest BCUT2D eigenvalue weighted by Gasteiger charge is 2.24. The molecule has 2 rings (SSSR count). The maximum atomic E-state index is 13.5. The standard InChI is InChI=1S/C16H26FN3/c1-4-15-11-20(8-7-19(15)3)16-6-5-14(17)10-13(16)9-12(2)18/h5-6,10,12,15H,4,7-9,11,18H2,1-3H3. The van der Waals surface area contributed by atoms with E-state index in [0.29, 0.717) is 6.04 Å². The molecule has 0 aromatic heterocycles. The average Bonchev–Trinajstić information content (AvgIpc) is 2.39. The van der Waals surface area contributed by atoms with Gasteiger partial charge in [-0.2, -0.15) is 0 Å². The molecule has 0 amide bonds. The quantitative estimate of drug-likeness (QED) is 0.917. The number of anilines is 1. The Morgan fingerprint density at radius 1 is 1.40 bits per heavy atom. The number of nitrogens with two attached hydrogens (primary N) is 1. The van der Waals surface area contributed by atoms with Crippen LogP contribution in [0.4, 0.5) is 10.1 Å². The summed E-state index contributed by atoms with van der Waals surface area (Å²) in [7, 11) is 2.18. The number of piperazine rings is 1. The Morgan fingerprint density at radius 2 is 2.15 bits per heavy atom. The van der Waals surface area contributed by atoms with Gasteiger partial charge in [0.2, 0.25) is 0 Å². The minimum Gasteiger partial charge on any atom is -0.368 e. The first kappa shape index (κ1) is 15.3. The van der Waals surface area contributed by atoms with Gasteiger partial charge in [0.1, 0.15) is 5.82 Å². The first-order valence-corrected chi connectivity index (χ1v) is 7.50. The smallest absolute Gasteiger partial charge is 0.123 e. The SMILES string of the molecule is CCC1CN(c2ccc(F)cc2CC(C)N)CCN1C. The summed E-state index contributed by atoms with van der Waals surface area (Å²) in [6.45, 7) is 7.23. The fraction of sp³-hybridized carbons (Fsp3) is 0.625. The molecule has 0 spiro atoms. The van der Waals surface area contributed by atoms with Crippen LogP contribution in [0, 0.1) is 5.82 Å². The molecule has 1 heterocycles. The van der Waals surface area contributed by atoms with E-state index >= 15 is 0 Å². The highest BCUT2D eigenvalue weighted by molar-refractivity contribution is 5.54. The van der Waals surface area contributed by atoms with Crippen LogP contribution in [-0.4, -0.2) is 43.7 Å². The molecule has 1 fully saturated rings. The Morgan fingerprint density at radius 3 is 2.80 bits per heavy atom. The van der Waals surface area contributed by atoms with Crippen molar-refractivity contribution in [1.82, 2.24) is 4.90 Å². The predicted molar refractivity (Wildman–Crippen MR) is 82.7 cm³/mol. The summed E-state index contributed by atoms with van der Waals surface area (Å²) in [4.78, 5) is 4.79. The lowest BCUT2D eigenvalue weighted by molar-refractivity contribution is 0.213. The molecule has 0 radical (unpaired) electrons. The van der Waals surface area contributed by atoms with Crippen molar-refractivity contribution < 1.29 is 4.39 Å². The fourth-order valence-electron chi connectivity index (χ4n) is 2.98. The lowest BCUT2D eigenvalue weighted by Crippen LogP contribution is -2.51. The summed E-state index contributed by atoms with van der Waals surface area (Å²) < 4.78 is 13.5. The third-order valence-corrected chi connectivity index (χ3v) is 4.17. The second-order valence-electron chi connectivity index (χ2n) is 5.94. The molecule has 20 heavy (non-hydrogen) atoms. The number of halogens is 1. The molecule has 1 aliphatic rings. The van der Waals surface area contributed by atoms with E-state index in [1.165, 1.54) is 0 Å². The Bertz CT molecular complexity index is 447. The van der Waals surface area contributed by atoms with Crippen molar-refractivity contribution in [2.75, 3.05) is 31.6 Å². The van der Waals surface area contributed by atoms with Gasteiger partial charge in [-0.15, -0.1) is 0 Å². The predicted octanol–water partition coefficient (Wildman–Crippen LogP) is 2.25. The number of benzene rings is 1. The van der Waals surface area contributed by atoms with Crippen LogP contribution in [0.25, 0.3) is 0 Å². The number of nitrogens with zero attached hydrogens (tertiary/aromatic N) is 2. The van der Waals surface area contributed by atoms with E-state index in [1.807, 2.05) is 13.0 Å². The normalized spacial score (nSPS) is 22.1. The summed E-state index contributed by atoms with van der Waals surface area (Å²) in [5.74, 6) is -0.175. The van der Waals surface area contributed by atoms with E-state index < -0.39 is 0 Å². The zero-order valence-corrected chi connectivity index (χ0v) is 12.8. The van der Waals surface area contributed by atoms with Crippen molar-refractivity contribution in [3.05, 3.63) is 29.6 Å². The number of hydrogen-bond acceptors (Lipinski definition) is 3. The van der Waals surface area contributed by atoms with Crippen molar-refractivity contribution in [3.8, 4) is 0 Å². The topological polar surface area (TPSA) is 32.5 Å². The van der Waals surface area contributed by atoms with E-state index in [2.05, 4.69) is 23.8 Å². The van der Waals surface area contributed by atoms with Crippen LogP contribution in [0.2, 0.25) is 0 Å². The highest BCUT2D eigenvalue weighted by atomic mass is 19.1.